The number of rotatable bonds is 7. The van der Waals surface area contributed by atoms with Crippen LogP contribution in [-0.4, -0.2) is 20.9 Å². The third kappa shape index (κ3) is 4.52. The molecule has 4 rings (SSSR count). The van der Waals surface area contributed by atoms with Crippen LogP contribution in [0.1, 0.15) is 34.9 Å². The van der Waals surface area contributed by atoms with Crippen LogP contribution in [0.3, 0.4) is 0 Å². The lowest BCUT2D eigenvalue weighted by atomic mass is 10.00. The topological polar surface area (TPSA) is 90.6 Å². The number of fused-ring (bicyclic) bond motifs is 1. The third-order valence-electron chi connectivity index (χ3n) is 5.19. The standard InChI is InChI=1S/C23H24N4O2S/c1-14(10-17-6-5-9-30-17)23(29)27-20(21-12-22(28)26-15(2)25-21)11-16-13-24-19-8-4-3-7-18(16)19/h3-9,12-14,20,24H,10-11H2,1-2H3,(H,27,29)(H,25,26,28). The second-order valence-corrected chi connectivity index (χ2v) is 8.60. The van der Waals surface area contributed by atoms with Crippen molar-refractivity contribution in [2.24, 2.45) is 5.92 Å². The molecule has 0 spiro atoms. The number of carbonyl (C=O) groups excluding carboxylic acids is 1. The molecule has 3 aromatic heterocycles. The number of benzene rings is 1. The lowest BCUT2D eigenvalue weighted by Gasteiger charge is -2.21. The summed E-state index contributed by atoms with van der Waals surface area (Å²) in [5.41, 5.74) is 2.46. The van der Waals surface area contributed by atoms with Crippen molar-refractivity contribution >= 4 is 28.1 Å². The zero-order valence-electron chi connectivity index (χ0n) is 16.9. The lowest BCUT2D eigenvalue weighted by Crippen LogP contribution is -2.35. The van der Waals surface area contributed by atoms with Crippen LogP contribution in [0.2, 0.25) is 0 Å². The second kappa shape index (κ2) is 8.67. The fraction of sp³-hybridized carbons (Fsp3) is 0.261. The van der Waals surface area contributed by atoms with Gasteiger partial charge in [0.15, 0.2) is 0 Å². The summed E-state index contributed by atoms with van der Waals surface area (Å²) in [6, 6.07) is 13.1. The zero-order chi connectivity index (χ0) is 21.1. The van der Waals surface area contributed by atoms with Crippen LogP contribution in [0.5, 0.6) is 0 Å². The van der Waals surface area contributed by atoms with E-state index < -0.39 is 6.04 Å². The highest BCUT2D eigenvalue weighted by Gasteiger charge is 2.23. The minimum Gasteiger partial charge on any atom is -0.361 e. The second-order valence-electron chi connectivity index (χ2n) is 7.56. The highest BCUT2D eigenvalue weighted by molar-refractivity contribution is 7.09. The van der Waals surface area contributed by atoms with Crippen LogP contribution in [0, 0.1) is 12.8 Å². The van der Waals surface area contributed by atoms with Crippen molar-refractivity contribution in [1.29, 1.82) is 0 Å². The highest BCUT2D eigenvalue weighted by atomic mass is 32.1. The molecule has 0 aliphatic carbocycles. The van der Waals surface area contributed by atoms with E-state index in [1.165, 1.54) is 10.9 Å². The molecule has 0 fully saturated rings. The lowest BCUT2D eigenvalue weighted by molar-refractivity contribution is -0.125. The molecule has 0 radical (unpaired) electrons. The molecule has 6 nitrogen and oxygen atoms in total. The van der Waals surface area contributed by atoms with Gasteiger partial charge < -0.3 is 15.3 Å². The molecule has 1 aromatic carbocycles. The van der Waals surface area contributed by atoms with Crippen LogP contribution in [0.4, 0.5) is 0 Å². The molecule has 4 aromatic rings. The Morgan fingerprint density at radius 3 is 2.80 bits per heavy atom. The van der Waals surface area contributed by atoms with Crippen molar-refractivity contribution in [2.45, 2.75) is 32.7 Å². The van der Waals surface area contributed by atoms with Gasteiger partial charge in [-0.15, -0.1) is 11.3 Å². The number of aromatic nitrogens is 3. The van der Waals surface area contributed by atoms with Crippen molar-refractivity contribution < 1.29 is 4.79 Å². The van der Waals surface area contributed by atoms with E-state index in [-0.39, 0.29) is 17.4 Å². The number of amides is 1. The molecule has 2 unspecified atom stereocenters. The van der Waals surface area contributed by atoms with E-state index in [4.69, 9.17) is 0 Å². The Bertz CT molecular complexity index is 1210. The Morgan fingerprint density at radius 1 is 1.20 bits per heavy atom. The molecule has 154 valence electrons. The van der Waals surface area contributed by atoms with Crippen LogP contribution in [-0.2, 0) is 17.6 Å². The van der Waals surface area contributed by atoms with Crippen molar-refractivity contribution in [3.8, 4) is 0 Å². The Kier molecular flexibility index (Phi) is 5.81. The number of hydrogen-bond donors (Lipinski definition) is 3. The smallest absolute Gasteiger partial charge is 0.251 e. The maximum atomic E-state index is 13.0. The first-order valence-corrected chi connectivity index (χ1v) is 10.8. The average Bonchev–Trinajstić information content (AvgIpc) is 3.37. The molecule has 0 bridgehead atoms. The first kappa shape index (κ1) is 20.1. The molecule has 7 heteroatoms. The molecule has 3 N–H and O–H groups in total. The summed E-state index contributed by atoms with van der Waals surface area (Å²) < 4.78 is 0. The molecule has 30 heavy (non-hydrogen) atoms. The molecule has 1 amide bonds. The molecule has 0 saturated carbocycles. The SMILES string of the molecule is Cc1nc(C(Cc2c[nH]c3ccccc23)NC(=O)C(C)Cc2cccs2)cc(=O)[nH]1. The number of carbonyl (C=O) groups is 1. The number of H-pyrrole nitrogens is 2. The van der Waals surface area contributed by atoms with E-state index in [9.17, 15) is 9.59 Å². The number of hydrogen-bond acceptors (Lipinski definition) is 4. The summed E-state index contributed by atoms with van der Waals surface area (Å²) in [5.74, 6) is 0.299. The van der Waals surface area contributed by atoms with Crippen molar-refractivity contribution in [2.75, 3.05) is 0 Å². The fourth-order valence-corrected chi connectivity index (χ4v) is 4.50. The van der Waals surface area contributed by atoms with Gasteiger partial charge in [0, 0.05) is 40.4 Å². The van der Waals surface area contributed by atoms with Gasteiger partial charge in [0.05, 0.1) is 11.7 Å². The number of nitrogens with one attached hydrogen (secondary N) is 3. The van der Waals surface area contributed by atoms with Crippen molar-refractivity contribution in [1.82, 2.24) is 20.3 Å². The minimum absolute atomic E-state index is 0.0482. The molecule has 2 atom stereocenters. The van der Waals surface area contributed by atoms with Gasteiger partial charge >= 0.3 is 0 Å². The molecule has 0 aliphatic rings. The van der Waals surface area contributed by atoms with Gasteiger partial charge in [-0.25, -0.2) is 4.98 Å². The number of aromatic amines is 2. The van der Waals surface area contributed by atoms with E-state index in [2.05, 4.69) is 26.3 Å². The summed E-state index contributed by atoms with van der Waals surface area (Å²) in [5, 5.41) is 6.26. The van der Waals surface area contributed by atoms with E-state index in [0.29, 0.717) is 24.4 Å². The Morgan fingerprint density at radius 2 is 2.03 bits per heavy atom. The first-order valence-electron chi connectivity index (χ1n) is 9.95. The Hall–Kier alpha value is -3.19. The quantitative estimate of drug-likeness (QED) is 0.423. The number of thiophene rings is 1. The molecule has 3 heterocycles. The summed E-state index contributed by atoms with van der Waals surface area (Å²) in [6.45, 7) is 3.67. The summed E-state index contributed by atoms with van der Waals surface area (Å²) >= 11 is 1.65. The first-order chi connectivity index (χ1) is 14.5. The summed E-state index contributed by atoms with van der Waals surface area (Å²) in [4.78, 5) is 36.7. The number of para-hydroxylation sites is 1. The largest absolute Gasteiger partial charge is 0.361 e. The van der Waals surface area contributed by atoms with Gasteiger partial charge in [-0.05, 0) is 36.4 Å². The Labute approximate surface area is 178 Å². The van der Waals surface area contributed by atoms with Gasteiger partial charge in [-0.1, -0.05) is 31.2 Å². The average molecular weight is 421 g/mol. The number of aryl methyl sites for hydroxylation is 1. The minimum atomic E-state index is -0.400. The molecule has 0 saturated heterocycles. The Balaban J connectivity index is 1.61. The van der Waals surface area contributed by atoms with Gasteiger partial charge in [0.25, 0.3) is 5.56 Å². The van der Waals surface area contributed by atoms with Crippen LogP contribution >= 0.6 is 11.3 Å². The predicted molar refractivity (Wildman–Crippen MR) is 120 cm³/mol. The normalized spacial score (nSPS) is 13.3. The molecular formula is C23H24N4O2S. The van der Waals surface area contributed by atoms with Gasteiger partial charge in [0.1, 0.15) is 5.82 Å². The summed E-state index contributed by atoms with van der Waals surface area (Å²) in [7, 11) is 0. The van der Waals surface area contributed by atoms with E-state index >= 15 is 0 Å². The van der Waals surface area contributed by atoms with Crippen LogP contribution in [0.15, 0.2) is 58.8 Å². The highest BCUT2D eigenvalue weighted by Crippen LogP contribution is 2.24. The van der Waals surface area contributed by atoms with Crippen LogP contribution in [0.25, 0.3) is 10.9 Å². The maximum Gasteiger partial charge on any atom is 0.251 e. The summed E-state index contributed by atoms with van der Waals surface area (Å²) in [6.07, 6.45) is 3.18. The maximum absolute atomic E-state index is 13.0. The monoisotopic (exact) mass is 420 g/mol. The van der Waals surface area contributed by atoms with Gasteiger partial charge in [-0.2, -0.15) is 0 Å². The predicted octanol–water partition coefficient (Wildman–Crippen LogP) is 3.90. The van der Waals surface area contributed by atoms with E-state index in [1.807, 2.05) is 48.8 Å². The van der Waals surface area contributed by atoms with Crippen molar-refractivity contribution in [3.63, 3.8) is 0 Å². The van der Waals surface area contributed by atoms with Gasteiger partial charge in [0.2, 0.25) is 5.91 Å². The van der Waals surface area contributed by atoms with E-state index in [1.54, 1.807) is 18.3 Å². The zero-order valence-corrected chi connectivity index (χ0v) is 17.8. The van der Waals surface area contributed by atoms with E-state index in [0.717, 1.165) is 16.5 Å². The fourth-order valence-electron chi connectivity index (χ4n) is 3.67. The number of nitrogens with zero attached hydrogens (tertiary/aromatic N) is 1. The van der Waals surface area contributed by atoms with Crippen molar-refractivity contribution in [3.05, 3.63) is 86.4 Å². The molecule has 0 aliphatic heterocycles. The molecular weight excluding hydrogens is 396 g/mol. The van der Waals surface area contributed by atoms with Crippen LogP contribution < -0.4 is 10.9 Å². The third-order valence-corrected chi connectivity index (χ3v) is 6.09. The van der Waals surface area contributed by atoms with Gasteiger partial charge in [-0.3, -0.25) is 9.59 Å².